The van der Waals surface area contributed by atoms with Gasteiger partial charge in [0.15, 0.2) is 0 Å². The summed E-state index contributed by atoms with van der Waals surface area (Å²) >= 11 is 7.62. The van der Waals surface area contributed by atoms with Gasteiger partial charge < -0.3 is 10.2 Å². The first kappa shape index (κ1) is 11.9. The number of fused-ring (bicyclic) bond motifs is 4. The van der Waals surface area contributed by atoms with E-state index in [-0.39, 0.29) is 0 Å². The van der Waals surface area contributed by atoms with Crippen molar-refractivity contribution in [2.45, 2.75) is 18.9 Å². The number of anilines is 1. The van der Waals surface area contributed by atoms with Crippen LogP contribution >= 0.6 is 22.9 Å². The summed E-state index contributed by atoms with van der Waals surface area (Å²) < 4.78 is 0. The van der Waals surface area contributed by atoms with Crippen LogP contribution in [0.25, 0.3) is 10.2 Å². The number of hydrogen-bond donors (Lipinski definition) is 1. The van der Waals surface area contributed by atoms with Crippen LogP contribution in [0.1, 0.15) is 12.8 Å². The van der Waals surface area contributed by atoms with Crippen LogP contribution < -0.4 is 5.32 Å². The van der Waals surface area contributed by atoms with Gasteiger partial charge in [0.1, 0.15) is 10.6 Å². The zero-order valence-corrected chi connectivity index (χ0v) is 12.0. The molecule has 3 aliphatic rings. The smallest absolute Gasteiger partial charge is 0.225 e. The van der Waals surface area contributed by atoms with Crippen LogP contribution in [0.2, 0.25) is 5.28 Å². The summed E-state index contributed by atoms with van der Waals surface area (Å²) in [4.78, 5) is 12.1. The summed E-state index contributed by atoms with van der Waals surface area (Å²) in [5.74, 6) is 1.67. The first-order valence-corrected chi connectivity index (χ1v) is 7.95. The summed E-state index contributed by atoms with van der Waals surface area (Å²) in [6, 6.07) is 2.57. The molecule has 0 spiro atoms. The lowest BCUT2D eigenvalue weighted by Gasteiger charge is -2.45. The lowest BCUT2D eigenvalue weighted by Crippen LogP contribution is -2.53. The van der Waals surface area contributed by atoms with Gasteiger partial charge in [-0.15, -0.1) is 11.3 Å². The van der Waals surface area contributed by atoms with Crippen molar-refractivity contribution in [3.8, 4) is 0 Å². The number of halogens is 1. The van der Waals surface area contributed by atoms with Crippen molar-refractivity contribution in [1.29, 1.82) is 0 Å². The third-order valence-electron chi connectivity index (χ3n) is 4.28. The standard InChI is InChI=1S/C13H15ClN4S/c14-13-16-11(9-3-6-19-12(9)17-13)15-10-7-18-4-1-8(10)2-5-18/h3,6,8,10H,1-2,4-5,7H2,(H,15,16,17). The second-order valence-electron chi connectivity index (χ2n) is 5.37. The molecule has 0 amide bonds. The Bertz CT molecular complexity index is 606. The molecule has 0 radical (unpaired) electrons. The van der Waals surface area contributed by atoms with E-state index in [2.05, 4.69) is 26.3 Å². The van der Waals surface area contributed by atoms with E-state index < -0.39 is 0 Å². The zero-order valence-electron chi connectivity index (χ0n) is 10.5. The molecule has 0 saturated carbocycles. The van der Waals surface area contributed by atoms with Gasteiger partial charge in [0.05, 0.1) is 5.39 Å². The molecule has 3 aliphatic heterocycles. The highest BCUT2D eigenvalue weighted by Gasteiger charge is 2.34. The summed E-state index contributed by atoms with van der Waals surface area (Å²) in [6.07, 6.45) is 2.59. The van der Waals surface area contributed by atoms with Crippen molar-refractivity contribution >= 4 is 39.0 Å². The summed E-state index contributed by atoms with van der Waals surface area (Å²) in [6.45, 7) is 3.63. The van der Waals surface area contributed by atoms with E-state index in [1.807, 2.05) is 5.38 Å². The molecule has 5 heterocycles. The van der Waals surface area contributed by atoms with Gasteiger partial charge in [-0.25, -0.2) is 9.97 Å². The number of aromatic nitrogens is 2. The molecular formula is C13H15ClN4S. The Labute approximate surface area is 120 Å². The Morgan fingerprint density at radius 3 is 2.89 bits per heavy atom. The van der Waals surface area contributed by atoms with Gasteiger partial charge in [-0.2, -0.15) is 0 Å². The molecule has 6 heteroatoms. The van der Waals surface area contributed by atoms with Crippen molar-refractivity contribution in [2.24, 2.45) is 5.92 Å². The number of nitrogens with zero attached hydrogens (tertiary/aromatic N) is 3. The van der Waals surface area contributed by atoms with Crippen LogP contribution in [-0.2, 0) is 0 Å². The predicted octanol–water partition coefficient (Wildman–Crippen LogP) is 2.85. The topological polar surface area (TPSA) is 41.1 Å². The van der Waals surface area contributed by atoms with Gasteiger partial charge in [-0.1, -0.05) is 0 Å². The normalized spacial score (nSPS) is 29.8. The van der Waals surface area contributed by atoms with Gasteiger partial charge in [0.25, 0.3) is 0 Å². The molecule has 1 unspecified atom stereocenters. The Morgan fingerprint density at radius 1 is 1.32 bits per heavy atom. The molecule has 0 aliphatic carbocycles. The van der Waals surface area contributed by atoms with E-state index in [9.17, 15) is 0 Å². The van der Waals surface area contributed by atoms with Crippen molar-refractivity contribution in [2.75, 3.05) is 25.0 Å². The molecule has 2 aromatic rings. The van der Waals surface area contributed by atoms with Gasteiger partial charge >= 0.3 is 0 Å². The number of hydrogen-bond acceptors (Lipinski definition) is 5. The number of thiophene rings is 1. The Morgan fingerprint density at radius 2 is 2.16 bits per heavy atom. The summed E-state index contributed by atoms with van der Waals surface area (Å²) in [5, 5.41) is 7.07. The third-order valence-corrected chi connectivity index (χ3v) is 5.25. The van der Waals surface area contributed by atoms with E-state index in [1.54, 1.807) is 11.3 Å². The predicted molar refractivity (Wildman–Crippen MR) is 79.0 cm³/mol. The zero-order chi connectivity index (χ0) is 12.8. The van der Waals surface area contributed by atoms with Gasteiger partial charge in [-0.3, -0.25) is 0 Å². The highest BCUT2D eigenvalue weighted by molar-refractivity contribution is 7.16. The number of nitrogens with one attached hydrogen (secondary N) is 1. The molecule has 3 saturated heterocycles. The maximum absolute atomic E-state index is 6.01. The molecule has 5 rings (SSSR count). The lowest BCUT2D eigenvalue weighted by molar-refractivity contribution is 0.0974. The van der Waals surface area contributed by atoms with Crippen LogP contribution in [0, 0.1) is 5.92 Å². The quantitative estimate of drug-likeness (QED) is 0.865. The first-order valence-electron chi connectivity index (χ1n) is 6.69. The first-order chi connectivity index (χ1) is 9.29. The molecule has 100 valence electrons. The highest BCUT2D eigenvalue weighted by Crippen LogP contribution is 2.32. The molecule has 2 aromatic heterocycles. The van der Waals surface area contributed by atoms with Crippen molar-refractivity contribution in [3.05, 3.63) is 16.7 Å². The second kappa shape index (κ2) is 4.58. The number of piperidine rings is 3. The van der Waals surface area contributed by atoms with Crippen molar-refractivity contribution in [3.63, 3.8) is 0 Å². The molecule has 0 aromatic carbocycles. The minimum Gasteiger partial charge on any atom is -0.365 e. The fourth-order valence-corrected chi connectivity index (χ4v) is 4.23. The van der Waals surface area contributed by atoms with Crippen LogP contribution in [0.15, 0.2) is 11.4 Å². The minimum atomic E-state index is 0.332. The van der Waals surface area contributed by atoms with E-state index >= 15 is 0 Å². The van der Waals surface area contributed by atoms with Crippen LogP contribution in [-0.4, -0.2) is 40.5 Å². The lowest BCUT2D eigenvalue weighted by atomic mass is 9.84. The van der Waals surface area contributed by atoms with Crippen LogP contribution in [0.3, 0.4) is 0 Å². The minimum absolute atomic E-state index is 0.332. The van der Waals surface area contributed by atoms with E-state index in [0.29, 0.717) is 11.3 Å². The van der Waals surface area contributed by atoms with E-state index in [4.69, 9.17) is 11.6 Å². The molecule has 2 bridgehead atoms. The summed E-state index contributed by atoms with van der Waals surface area (Å²) in [5.41, 5.74) is 0. The van der Waals surface area contributed by atoms with E-state index in [0.717, 1.165) is 28.5 Å². The molecule has 1 atom stereocenters. The fourth-order valence-electron chi connectivity index (χ4n) is 3.24. The van der Waals surface area contributed by atoms with Gasteiger partial charge in [-0.05, 0) is 54.9 Å². The average molecular weight is 295 g/mol. The molecule has 3 fully saturated rings. The Balaban J connectivity index is 1.66. The molecule has 19 heavy (non-hydrogen) atoms. The SMILES string of the molecule is Clc1nc(NC2CN3CCC2CC3)c2ccsc2n1. The molecular weight excluding hydrogens is 280 g/mol. The van der Waals surface area contributed by atoms with Crippen LogP contribution in [0.5, 0.6) is 0 Å². The third kappa shape index (κ3) is 2.10. The fraction of sp³-hybridized carbons (Fsp3) is 0.538. The highest BCUT2D eigenvalue weighted by atomic mass is 35.5. The molecule has 4 nitrogen and oxygen atoms in total. The van der Waals surface area contributed by atoms with Crippen molar-refractivity contribution < 1.29 is 0 Å². The van der Waals surface area contributed by atoms with E-state index in [1.165, 1.54) is 25.9 Å². The van der Waals surface area contributed by atoms with Gasteiger partial charge in [0, 0.05) is 12.6 Å². The largest absolute Gasteiger partial charge is 0.365 e. The van der Waals surface area contributed by atoms with Crippen molar-refractivity contribution in [1.82, 2.24) is 14.9 Å². The Hall–Kier alpha value is -0.910. The number of rotatable bonds is 2. The monoisotopic (exact) mass is 294 g/mol. The maximum Gasteiger partial charge on any atom is 0.225 e. The molecule has 1 N–H and O–H groups in total. The second-order valence-corrected chi connectivity index (χ2v) is 6.60. The average Bonchev–Trinajstić information content (AvgIpc) is 2.88. The van der Waals surface area contributed by atoms with Crippen LogP contribution in [0.4, 0.5) is 5.82 Å². The Kier molecular flexibility index (Phi) is 2.86. The van der Waals surface area contributed by atoms with Gasteiger partial charge in [0.2, 0.25) is 5.28 Å². The summed E-state index contributed by atoms with van der Waals surface area (Å²) in [7, 11) is 0. The maximum atomic E-state index is 6.01.